The van der Waals surface area contributed by atoms with Crippen LogP contribution in [0.3, 0.4) is 0 Å². The van der Waals surface area contributed by atoms with Crippen LogP contribution in [0.25, 0.3) is 0 Å². The summed E-state index contributed by atoms with van der Waals surface area (Å²) in [6, 6.07) is 0. The molecule has 0 aromatic rings. The topological polar surface area (TPSA) is 32.8 Å². The monoisotopic (exact) mass is 186 g/mol. The normalized spacial score (nSPS) is 22.1. The van der Waals surface area contributed by atoms with Crippen LogP contribution >= 0.6 is 0 Å². The molecule has 1 aliphatic rings. The van der Waals surface area contributed by atoms with Gasteiger partial charge in [-0.15, -0.1) is 0 Å². The molecular weight excluding hydrogens is 168 g/mol. The minimum atomic E-state index is 0.132. The van der Waals surface area contributed by atoms with Gasteiger partial charge >= 0.3 is 0 Å². The van der Waals surface area contributed by atoms with Crippen LogP contribution in [0.2, 0.25) is 0 Å². The molecule has 0 saturated carbocycles. The number of likely N-dealkylation sites (N-methyl/N-ethyl adjacent to an activating group) is 1. The molecular formula is C9H18N2O2. The molecule has 0 N–H and O–H groups in total. The summed E-state index contributed by atoms with van der Waals surface area (Å²) in [5.74, 6) is 0.206. The van der Waals surface area contributed by atoms with Gasteiger partial charge in [0.05, 0.1) is 12.6 Å². The highest BCUT2D eigenvalue weighted by molar-refractivity contribution is 5.79. The van der Waals surface area contributed by atoms with Crippen molar-refractivity contribution in [3.8, 4) is 0 Å². The van der Waals surface area contributed by atoms with E-state index in [9.17, 15) is 4.79 Å². The molecule has 0 spiro atoms. The smallest absolute Gasteiger partial charge is 0.236 e. The predicted octanol–water partition coefficient (Wildman–Crippen LogP) is -0.205. The number of piperazine rings is 1. The average molecular weight is 186 g/mol. The van der Waals surface area contributed by atoms with Gasteiger partial charge in [-0.2, -0.15) is 0 Å². The molecule has 1 rings (SSSR count). The number of rotatable bonds is 3. The van der Waals surface area contributed by atoms with E-state index < -0.39 is 0 Å². The lowest BCUT2D eigenvalue weighted by Gasteiger charge is -2.33. The molecule has 1 heterocycles. The standard InChI is InChI=1S/C9H18N2O2/c1-8(13-3)6-11-5-4-10(2)7-9(11)12/h8H,4-7H2,1-3H3/t8-/m1/s1. The third-order valence-electron chi connectivity index (χ3n) is 2.39. The average Bonchev–Trinajstić information content (AvgIpc) is 2.09. The molecule has 0 unspecified atom stereocenters. The van der Waals surface area contributed by atoms with Crippen LogP contribution < -0.4 is 0 Å². The lowest BCUT2D eigenvalue weighted by molar-refractivity contribution is -0.137. The van der Waals surface area contributed by atoms with Crippen molar-refractivity contribution in [1.82, 2.24) is 9.80 Å². The second-order valence-corrected chi connectivity index (χ2v) is 3.62. The molecule has 0 aromatic carbocycles. The van der Waals surface area contributed by atoms with Gasteiger partial charge in [-0.25, -0.2) is 0 Å². The Morgan fingerprint density at radius 2 is 2.23 bits per heavy atom. The van der Waals surface area contributed by atoms with Gasteiger partial charge in [0.25, 0.3) is 0 Å². The van der Waals surface area contributed by atoms with Gasteiger partial charge in [-0.3, -0.25) is 9.69 Å². The summed E-state index contributed by atoms with van der Waals surface area (Å²) in [6.45, 7) is 5.01. The fourth-order valence-corrected chi connectivity index (χ4v) is 1.40. The summed E-state index contributed by atoms with van der Waals surface area (Å²) >= 11 is 0. The van der Waals surface area contributed by atoms with E-state index >= 15 is 0 Å². The first kappa shape index (κ1) is 10.5. The number of hydrogen-bond acceptors (Lipinski definition) is 3. The summed E-state index contributed by atoms with van der Waals surface area (Å²) < 4.78 is 5.12. The van der Waals surface area contributed by atoms with Crippen molar-refractivity contribution in [3.05, 3.63) is 0 Å². The number of nitrogens with zero attached hydrogens (tertiary/aromatic N) is 2. The van der Waals surface area contributed by atoms with Crippen LogP contribution in [0, 0.1) is 0 Å². The maximum Gasteiger partial charge on any atom is 0.236 e. The third-order valence-corrected chi connectivity index (χ3v) is 2.39. The summed E-state index contributed by atoms with van der Waals surface area (Å²) in [6.07, 6.45) is 0.132. The van der Waals surface area contributed by atoms with Crippen LogP contribution in [-0.2, 0) is 9.53 Å². The van der Waals surface area contributed by atoms with Gasteiger partial charge < -0.3 is 9.64 Å². The lowest BCUT2D eigenvalue weighted by Crippen LogP contribution is -2.50. The molecule has 4 heteroatoms. The van der Waals surface area contributed by atoms with Crippen molar-refractivity contribution < 1.29 is 9.53 Å². The molecule has 76 valence electrons. The molecule has 1 aliphatic heterocycles. The van der Waals surface area contributed by atoms with Crippen molar-refractivity contribution in [3.63, 3.8) is 0 Å². The first-order chi connectivity index (χ1) is 6.13. The predicted molar refractivity (Wildman–Crippen MR) is 50.5 cm³/mol. The van der Waals surface area contributed by atoms with Crippen LogP contribution in [0.15, 0.2) is 0 Å². The Morgan fingerprint density at radius 3 is 2.77 bits per heavy atom. The summed E-state index contributed by atoms with van der Waals surface area (Å²) in [5.41, 5.74) is 0. The van der Waals surface area contributed by atoms with E-state index in [1.807, 2.05) is 23.8 Å². The molecule has 0 aliphatic carbocycles. The van der Waals surface area contributed by atoms with Crippen molar-refractivity contribution >= 4 is 5.91 Å². The summed E-state index contributed by atoms with van der Waals surface area (Å²) in [5, 5.41) is 0. The number of amides is 1. The van der Waals surface area contributed by atoms with E-state index in [1.54, 1.807) is 7.11 Å². The fraction of sp³-hybridized carbons (Fsp3) is 0.889. The number of ether oxygens (including phenoxy) is 1. The first-order valence-electron chi connectivity index (χ1n) is 4.62. The van der Waals surface area contributed by atoms with Crippen molar-refractivity contribution in [2.75, 3.05) is 40.3 Å². The van der Waals surface area contributed by atoms with E-state index in [1.165, 1.54) is 0 Å². The quantitative estimate of drug-likeness (QED) is 0.611. The van der Waals surface area contributed by atoms with Crippen LogP contribution in [0.5, 0.6) is 0 Å². The molecule has 1 fully saturated rings. The van der Waals surface area contributed by atoms with Crippen molar-refractivity contribution in [2.24, 2.45) is 0 Å². The molecule has 0 bridgehead atoms. The minimum Gasteiger partial charge on any atom is -0.380 e. The number of carbonyl (C=O) groups is 1. The molecule has 1 saturated heterocycles. The van der Waals surface area contributed by atoms with E-state index in [4.69, 9.17) is 4.74 Å². The zero-order chi connectivity index (χ0) is 9.84. The minimum absolute atomic E-state index is 0.132. The maximum atomic E-state index is 11.5. The summed E-state index contributed by atoms with van der Waals surface area (Å²) in [4.78, 5) is 15.4. The maximum absolute atomic E-state index is 11.5. The second-order valence-electron chi connectivity index (χ2n) is 3.62. The largest absolute Gasteiger partial charge is 0.380 e. The highest BCUT2D eigenvalue weighted by Gasteiger charge is 2.22. The van der Waals surface area contributed by atoms with E-state index in [0.717, 1.165) is 13.1 Å². The molecule has 0 radical (unpaired) electrons. The second kappa shape index (κ2) is 4.58. The van der Waals surface area contributed by atoms with E-state index in [2.05, 4.69) is 0 Å². The summed E-state index contributed by atoms with van der Waals surface area (Å²) in [7, 11) is 3.64. The zero-order valence-electron chi connectivity index (χ0n) is 8.62. The van der Waals surface area contributed by atoms with Gasteiger partial charge in [-0.05, 0) is 14.0 Å². The number of hydrogen-bond donors (Lipinski definition) is 0. The Hall–Kier alpha value is -0.610. The molecule has 1 amide bonds. The van der Waals surface area contributed by atoms with Gasteiger partial charge in [0.15, 0.2) is 0 Å². The van der Waals surface area contributed by atoms with Crippen molar-refractivity contribution in [2.45, 2.75) is 13.0 Å². The Labute approximate surface area is 79.4 Å². The van der Waals surface area contributed by atoms with Gasteiger partial charge in [-0.1, -0.05) is 0 Å². The zero-order valence-corrected chi connectivity index (χ0v) is 8.62. The first-order valence-corrected chi connectivity index (χ1v) is 4.62. The lowest BCUT2D eigenvalue weighted by atomic mass is 10.3. The van der Waals surface area contributed by atoms with Gasteiger partial charge in [0.1, 0.15) is 0 Å². The Kier molecular flexibility index (Phi) is 3.69. The number of methoxy groups -OCH3 is 1. The molecule has 0 aromatic heterocycles. The molecule has 4 nitrogen and oxygen atoms in total. The van der Waals surface area contributed by atoms with Crippen LogP contribution in [0.1, 0.15) is 6.92 Å². The van der Waals surface area contributed by atoms with Crippen molar-refractivity contribution in [1.29, 1.82) is 0 Å². The Morgan fingerprint density at radius 1 is 1.54 bits per heavy atom. The van der Waals surface area contributed by atoms with Crippen LogP contribution in [0.4, 0.5) is 0 Å². The van der Waals surface area contributed by atoms with Gasteiger partial charge in [0.2, 0.25) is 5.91 Å². The fourth-order valence-electron chi connectivity index (χ4n) is 1.40. The molecule has 13 heavy (non-hydrogen) atoms. The van der Waals surface area contributed by atoms with E-state index in [0.29, 0.717) is 13.1 Å². The van der Waals surface area contributed by atoms with E-state index in [-0.39, 0.29) is 12.0 Å². The Bertz CT molecular complexity index is 184. The highest BCUT2D eigenvalue weighted by atomic mass is 16.5. The highest BCUT2D eigenvalue weighted by Crippen LogP contribution is 2.03. The SMILES string of the molecule is CO[C@H](C)CN1CCN(C)CC1=O. The third kappa shape index (κ3) is 2.97. The van der Waals surface area contributed by atoms with Crippen LogP contribution in [-0.4, -0.2) is 62.1 Å². The molecule has 1 atom stereocenters. The number of carbonyl (C=O) groups excluding carboxylic acids is 1. The Balaban J connectivity index is 2.38. The van der Waals surface area contributed by atoms with Gasteiger partial charge in [0, 0.05) is 26.7 Å².